The highest BCUT2D eigenvalue weighted by molar-refractivity contribution is 5.76. The number of hydrogen-bond donors (Lipinski definition) is 2. The molecule has 1 fully saturated rings. The number of amides is 1. The molecular formula is C14H19F3N4O2. The zero-order valence-corrected chi connectivity index (χ0v) is 12.7. The van der Waals surface area contributed by atoms with Gasteiger partial charge in [-0.2, -0.15) is 13.2 Å². The molecule has 0 aromatic carbocycles. The topological polar surface area (TPSA) is 76.1 Å². The molecular weight excluding hydrogens is 313 g/mol. The van der Waals surface area contributed by atoms with Gasteiger partial charge in [0, 0.05) is 37.7 Å². The molecule has 1 aliphatic rings. The molecule has 0 saturated carbocycles. The number of carbonyl (C=O) groups is 1. The van der Waals surface area contributed by atoms with Gasteiger partial charge < -0.3 is 15.4 Å². The van der Waals surface area contributed by atoms with E-state index in [4.69, 9.17) is 4.74 Å². The molecule has 23 heavy (non-hydrogen) atoms. The first kappa shape index (κ1) is 17.6. The molecule has 128 valence electrons. The van der Waals surface area contributed by atoms with Crippen LogP contribution in [-0.2, 0) is 22.1 Å². The number of nitrogens with one attached hydrogen (secondary N) is 2. The van der Waals surface area contributed by atoms with Crippen molar-refractivity contribution in [2.75, 3.05) is 26.3 Å². The summed E-state index contributed by atoms with van der Waals surface area (Å²) in [6, 6.07) is 0.868. The van der Waals surface area contributed by atoms with Crippen LogP contribution in [0.3, 0.4) is 0 Å². The first-order valence-electron chi connectivity index (χ1n) is 7.34. The third kappa shape index (κ3) is 5.76. The van der Waals surface area contributed by atoms with Crippen LogP contribution < -0.4 is 10.6 Å². The maximum absolute atomic E-state index is 12.7. The molecule has 1 atom stereocenters. The van der Waals surface area contributed by atoms with E-state index in [0.717, 1.165) is 6.07 Å². The minimum absolute atomic E-state index is 0.0317. The summed E-state index contributed by atoms with van der Waals surface area (Å²) in [5, 5.41) is 5.81. The molecule has 0 unspecified atom stereocenters. The molecule has 6 nitrogen and oxygen atoms in total. The quantitative estimate of drug-likeness (QED) is 0.836. The summed E-state index contributed by atoms with van der Waals surface area (Å²) in [4.78, 5) is 19.2. The van der Waals surface area contributed by atoms with Crippen LogP contribution in [0.4, 0.5) is 13.2 Å². The minimum Gasteiger partial charge on any atom is -0.378 e. The Kier molecular flexibility index (Phi) is 5.89. The normalized spacial score (nSPS) is 18.7. The molecule has 0 radical (unpaired) electrons. The standard InChI is InChI=1S/C14H19F3N4O2/c1-9-6-11(14(15,16)17)21-12(20-9)2-3-19-13(22)7-10-8-23-5-4-18-10/h6,10,18H,2-5,7-8H2,1H3,(H,19,22)/t10-/m0/s1. The van der Waals surface area contributed by atoms with Gasteiger partial charge in [0.25, 0.3) is 0 Å². The van der Waals surface area contributed by atoms with Crippen molar-refractivity contribution in [2.45, 2.75) is 32.0 Å². The molecule has 1 amide bonds. The van der Waals surface area contributed by atoms with Crippen molar-refractivity contribution >= 4 is 5.91 Å². The summed E-state index contributed by atoms with van der Waals surface area (Å²) >= 11 is 0. The van der Waals surface area contributed by atoms with Crippen LogP contribution in [0.1, 0.15) is 23.6 Å². The van der Waals surface area contributed by atoms with Crippen molar-refractivity contribution in [3.63, 3.8) is 0 Å². The largest absolute Gasteiger partial charge is 0.433 e. The van der Waals surface area contributed by atoms with Gasteiger partial charge in [0.15, 0.2) is 0 Å². The van der Waals surface area contributed by atoms with Crippen LogP contribution in [0.25, 0.3) is 0 Å². The van der Waals surface area contributed by atoms with Crippen molar-refractivity contribution in [3.05, 3.63) is 23.3 Å². The van der Waals surface area contributed by atoms with E-state index in [2.05, 4.69) is 20.6 Å². The number of aromatic nitrogens is 2. The number of carbonyl (C=O) groups excluding carboxylic acids is 1. The lowest BCUT2D eigenvalue weighted by atomic mass is 10.2. The number of ether oxygens (including phenoxy) is 1. The zero-order valence-electron chi connectivity index (χ0n) is 12.7. The predicted octanol–water partition coefficient (Wildman–Crippen LogP) is 0.841. The smallest absolute Gasteiger partial charge is 0.378 e. The Balaban J connectivity index is 1.81. The predicted molar refractivity (Wildman–Crippen MR) is 75.7 cm³/mol. The fraction of sp³-hybridized carbons (Fsp3) is 0.643. The van der Waals surface area contributed by atoms with E-state index < -0.39 is 11.9 Å². The van der Waals surface area contributed by atoms with Crippen LogP contribution in [0.5, 0.6) is 0 Å². The summed E-state index contributed by atoms with van der Waals surface area (Å²) in [5.74, 6) is -0.117. The van der Waals surface area contributed by atoms with E-state index >= 15 is 0 Å². The summed E-state index contributed by atoms with van der Waals surface area (Å²) in [6.07, 6.45) is -4.09. The van der Waals surface area contributed by atoms with Gasteiger partial charge in [-0.05, 0) is 13.0 Å². The highest BCUT2D eigenvalue weighted by Crippen LogP contribution is 2.27. The average Bonchev–Trinajstić information content (AvgIpc) is 2.47. The molecule has 2 rings (SSSR count). The Bertz CT molecular complexity index is 545. The summed E-state index contributed by atoms with van der Waals surface area (Å²) < 4.78 is 43.3. The number of aryl methyl sites for hydroxylation is 1. The number of nitrogens with zero attached hydrogens (tertiary/aromatic N) is 2. The molecule has 9 heteroatoms. The minimum atomic E-state index is -4.50. The number of hydrogen-bond acceptors (Lipinski definition) is 5. The molecule has 2 N–H and O–H groups in total. The van der Waals surface area contributed by atoms with Crippen LogP contribution in [0.2, 0.25) is 0 Å². The Hall–Kier alpha value is -1.74. The lowest BCUT2D eigenvalue weighted by Gasteiger charge is -2.23. The molecule has 1 aromatic rings. The second kappa shape index (κ2) is 7.69. The number of rotatable bonds is 5. The Labute approximate surface area is 131 Å². The molecule has 0 bridgehead atoms. The molecule has 0 aliphatic carbocycles. The number of morpholine rings is 1. The maximum Gasteiger partial charge on any atom is 0.433 e. The fourth-order valence-corrected chi connectivity index (χ4v) is 2.25. The second-order valence-corrected chi connectivity index (χ2v) is 5.34. The van der Waals surface area contributed by atoms with Gasteiger partial charge in [-0.15, -0.1) is 0 Å². The SMILES string of the molecule is Cc1cc(C(F)(F)F)nc(CCNC(=O)C[C@H]2COCCN2)n1. The summed E-state index contributed by atoms with van der Waals surface area (Å²) in [5.41, 5.74) is -0.716. The van der Waals surface area contributed by atoms with E-state index in [0.29, 0.717) is 19.8 Å². The highest BCUT2D eigenvalue weighted by atomic mass is 19.4. The third-order valence-electron chi connectivity index (χ3n) is 3.29. The average molecular weight is 332 g/mol. The molecule has 1 aromatic heterocycles. The van der Waals surface area contributed by atoms with Crippen molar-refractivity contribution in [1.29, 1.82) is 0 Å². The molecule has 1 saturated heterocycles. The first-order valence-corrected chi connectivity index (χ1v) is 7.34. The van der Waals surface area contributed by atoms with Gasteiger partial charge in [0.1, 0.15) is 11.5 Å². The monoisotopic (exact) mass is 332 g/mol. The van der Waals surface area contributed by atoms with Gasteiger partial charge >= 0.3 is 6.18 Å². The van der Waals surface area contributed by atoms with Crippen molar-refractivity contribution in [1.82, 2.24) is 20.6 Å². The highest BCUT2D eigenvalue weighted by Gasteiger charge is 2.33. The van der Waals surface area contributed by atoms with E-state index in [1.165, 1.54) is 6.92 Å². The molecule has 0 spiro atoms. The van der Waals surface area contributed by atoms with E-state index in [1.807, 2.05) is 0 Å². The Morgan fingerprint density at radius 1 is 1.48 bits per heavy atom. The molecule has 1 aliphatic heterocycles. The maximum atomic E-state index is 12.7. The first-order chi connectivity index (χ1) is 10.8. The van der Waals surface area contributed by atoms with Crippen molar-refractivity contribution in [2.24, 2.45) is 0 Å². The van der Waals surface area contributed by atoms with Gasteiger partial charge in [0.05, 0.1) is 13.2 Å². The van der Waals surface area contributed by atoms with Crippen molar-refractivity contribution < 1.29 is 22.7 Å². The van der Waals surface area contributed by atoms with Gasteiger partial charge in [0.2, 0.25) is 5.91 Å². The van der Waals surface area contributed by atoms with Crippen LogP contribution in [0.15, 0.2) is 6.07 Å². The number of halogens is 3. The zero-order chi connectivity index (χ0) is 16.9. The lowest BCUT2D eigenvalue weighted by Crippen LogP contribution is -2.44. The van der Waals surface area contributed by atoms with Crippen LogP contribution in [-0.4, -0.2) is 48.2 Å². The Morgan fingerprint density at radius 2 is 2.26 bits per heavy atom. The van der Waals surface area contributed by atoms with E-state index in [9.17, 15) is 18.0 Å². The van der Waals surface area contributed by atoms with Gasteiger partial charge in [-0.1, -0.05) is 0 Å². The lowest BCUT2D eigenvalue weighted by molar-refractivity contribution is -0.141. The Morgan fingerprint density at radius 3 is 2.91 bits per heavy atom. The third-order valence-corrected chi connectivity index (χ3v) is 3.29. The summed E-state index contributed by atoms with van der Waals surface area (Å²) in [6.45, 7) is 3.48. The van der Waals surface area contributed by atoms with Crippen molar-refractivity contribution in [3.8, 4) is 0 Å². The van der Waals surface area contributed by atoms with Crippen LogP contribution in [0, 0.1) is 6.92 Å². The second-order valence-electron chi connectivity index (χ2n) is 5.34. The van der Waals surface area contributed by atoms with Gasteiger partial charge in [-0.25, -0.2) is 9.97 Å². The number of alkyl halides is 3. The fourth-order valence-electron chi connectivity index (χ4n) is 2.25. The van der Waals surface area contributed by atoms with Gasteiger partial charge in [-0.3, -0.25) is 4.79 Å². The van der Waals surface area contributed by atoms with E-state index in [-0.39, 0.29) is 42.9 Å². The molecule has 2 heterocycles. The van der Waals surface area contributed by atoms with Crippen LogP contribution >= 0.6 is 0 Å². The summed E-state index contributed by atoms with van der Waals surface area (Å²) in [7, 11) is 0. The van der Waals surface area contributed by atoms with E-state index in [1.54, 1.807) is 0 Å².